The van der Waals surface area contributed by atoms with Crippen LogP contribution >= 0.6 is 0 Å². The van der Waals surface area contributed by atoms with Crippen LogP contribution in [0.5, 0.6) is 0 Å². The zero-order valence-electron chi connectivity index (χ0n) is 15.3. The third-order valence-corrected chi connectivity index (χ3v) is 3.83. The Kier molecular flexibility index (Phi) is 11.2. The molecule has 0 spiro atoms. The Morgan fingerprint density at radius 2 is 1.61 bits per heavy atom. The number of nitrogens with one attached hydrogen (secondary N) is 2. The van der Waals surface area contributed by atoms with Crippen LogP contribution in [0.1, 0.15) is 58.3 Å². The van der Waals surface area contributed by atoms with E-state index in [0.29, 0.717) is 5.95 Å². The number of nitrogens with zero attached hydrogens (tertiary/aromatic N) is 3. The van der Waals surface area contributed by atoms with Crippen molar-refractivity contribution in [1.82, 2.24) is 14.9 Å². The van der Waals surface area contributed by atoms with Gasteiger partial charge in [0.15, 0.2) is 0 Å². The van der Waals surface area contributed by atoms with Crippen LogP contribution in [0.2, 0.25) is 0 Å². The normalized spacial score (nSPS) is 11.0. The smallest absolute Gasteiger partial charge is 0.224 e. The van der Waals surface area contributed by atoms with E-state index in [1.807, 2.05) is 6.07 Å². The van der Waals surface area contributed by atoms with Crippen molar-refractivity contribution in [2.24, 2.45) is 0 Å². The zero-order chi connectivity index (χ0) is 16.8. The van der Waals surface area contributed by atoms with Crippen molar-refractivity contribution in [2.45, 2.75) is 58.3 Å². The first-order chi connectivity index (χ1) is 11.2. The summed E-state index contributed by atoms with van der Waals surface area (Å²) in [6.07, 6.45) is 12.6. The molecule has 1 aromatic heterocycles. The predicted octanol–water partition coefficient (Wildman–Crippen LogP) is 4.00. The lowest BCUT2D eigenvalue weighted by molar-refractivity contribution is 0.425. The molecule has 5 heteroatoms. The van der Waals surface area contributed by atoms with Gasteiger partial charge in [-0.05, 0) is 26.6 Å². The van der Waals surface area contributed by atoms with E-state index in [2.05, 4.69) is 46.5 Å². The molecule has 0 aliphatic rings. The van der Waals surface area contributed by atoms with E-state index in [4.69, 9.17) is 0 Å². The van der Waals surface area contributed by atoms with Crippen molar-refractivity contribution in [2.75, 3.05) is 44.4 Å². The minimum absolute atomic E-state index is 0.702. The number of unbranched alkanes of at least 4 members (excludes halogenated alkanes) is 7. The van der Waals surface area contributed by atoms with Crippen LogP contribution in [-0.2, 0) is 0 Å². The number of likely N-dealkylation sites (N-methyl/N-ethyl adjacent to an activating group) is 1. The van der Waals surface area contributed by atoms with Crippen molar-refractivity contribution in [3.63, 3.8) is 0 Å². The van der Waals surface area contributed by atoms with Crippen LogP contribution in [0.4, 0.5) is 11.8 Å². The fourth-order valence-electron chi connectivity index (χ4n) is 2.41. The second-order valence-electron chi connectivity index (χ2n) is 6.40. The summed E-state index contributed by atoms with van der Waals surface area (Å²) >= 11 is 0. The summed E-state index contributed by atoms with van der Waals surface area (Å²) in [5.41, 5.74) is 0. The maximum Gasteiger partial charge on any atom is 0.224 e. The monoisotopic (exact) mass is 321 g/mol. The Balaban J connectivity index is 2.08. The number of anilines is 2. The quantitative estimate of drug-likeness (QED) is 0.507. The summed E-state index contributed by atoms with van der Waals surface area (Å²) in [5.74, 6) is 1.61. The molecular formula is C18H35N5. The second kappa shape index (κ2) is 13.1. The van der Waals surface area contributed by atoms with E-state index in [9.17, 15) is 0 Å². The molecule has 0 fully saturated rings. The van der Waals surface area contributed by atoms with Crippen molar-refractivity contribution >= 4 is 11.8 Å². The van der Waals surface area contributed by atoms with Crippen LogP contribution in [0, 0.1) is 0 Å². The predicted molar refractivity (Wildman–Crippen MR) is 100 cm³/mol. The van der Waals surface area contributed by atoms with Crippen molar-refractivity contribution in [1.29, 1.82) is 0 Å². The minimum Gasteiger partial charge on any atom is -0.370 e. The highest BCUT2D eigenvalue weighted by atomic mass is 15.2. The van der Waals surface area contributed by atoms with Crippen LogP contribution in [0.3, 0.4) is 0 Å². The summed E-state index contributed by atoms with van der Waals surface area (Å²) < 4.78 is 0. The molecule has 0 aliphatic carbocycles. The van der Waals surface area contributed by atoms with Crippen molar-refractivity contribution < 1.29 is 0 Å². The molecular weight excluding hydrogens is 286 g/mol. The molecule has 2 N–H and O–H groups in total. The average Bonchev–Trinajstić information content (AvgIpc) is 2.53. The molecule has 1 aromatic rings. The lowest BCUT2D eigenvalue weighted by atomic mass is 10.1. The van der Waals surface area contributed by atoms with Gasteiger partial charge in [-0.25, -0.2) is 4.98 Å². The molecule has 0 saturated heterocycles. The van der Waals surface area contributed by atoms with Gasteiger partial charge in [0.05, 0.1) is 0 Å². The maximum atomic E-state index is 4.49. The van der Waals surface area contributed by atoms with E-state index >= 15 is 0 Å². The highest BCUT2D eigenvalue weighted by Gasteiger charge is 1.99. The average molecular weight is 322 g/mol. The topological polar surface area (TPSA) is 53.1 Å². The summed E-state index contributed by atoms with van der Waals surface area (Å²) in [5, 5.41) is 6.64. The summed E-state index contributed by atoms with van der Waals surface area (Å²) in [6, 6.07) is 1.93. The van der Waals surface area contributed by atoms with Gasteiger partial charge in [-0.2, -0.15) is 4.98 Å². The van der Waals surface area contributed by atoms with Gasteiger partial charge < -0.3 is 15.5 Å². The first kappa shape index (κ1) is 19.7. The Hall–Kier alpha value is -1.36. The number of aromatic nitrogens is 2. The molecule has 0 atom stereocenters. The largest absolute Gasteiger partial charge is 0.370 e. The van der Waals surface area contributed by atoms with E-state index in [1.165, 1.54) is 51.4 Å². The van der Waals surface area contributed by atoms with Crippen molar-refractivity contribution in [3.05, 3.63) is 12.3 Å². The van der Waals surface area contributed by atoms with E-state index in [1.54, 1.807) is 6.20 Å². The molecule has 0 bridgehead atoms. The number of hydrogen-bond acceptors (Lipinski definition) is 5. The maximum absolute atomic E-state index is 4.49. The van der Waals surface area contributed by atoms with Crippen LogP contribution < -0.4 is 10.6 Å². The molecule has 0 unspecified atom stereocenters. The van der Waals surface area contributed by atoms with Crippen molar-refractivity contribution in [3.8, 4) is 0 Å². The lowest BCUT2D eigenvalue weighted by Crippen LogP contribution is -2.21. The van der Waals surface area contributed by atoms with Gasteiger partial charge in [-0.15, -0.1) is 0 Å². The van der Waals surface area contributed by atoms with Gasteiger partial charge in [0.2, 0.25) is 5.95 Å². The number of hydrogen-bond donors (Lipinski definition) is 2. The van der Waals surface area contributed by atoms with E-state index in [-0.39, 0.29) is 0 Å². The first-order valence-corrected chi connectivity index (χ1v) is 9.18. The van der Waals surface area contributed by atoms with Gasteiger partial charge in [-0.3, -0.25) is 0 Å². The Morgan fingerprint density at radius 1 is 0.913 bits per heavy atom. The van der Waals surface area contributed by atoms with Gasteiger partial charge in [0.1, 0.15) is 5.82 Å². The molecule has 0 radical (unpaired) electrons. The van der Waals surface area contributed by atoms with E-state index in [0.717, 1.165) is 25.5 Å². The van der Waals surface area contributed by atoms with Gasteiger partial charge >= 0.3 is 0 Å². The third-order valence-electron chi connectivity index (χ3n) is 3.83. The third kappa shape index (κ3) is 10.9. The summed E-state index contributed by atoms with van der Waals surface area (Å²) in [7, 11) is 4.12. The fourth-order valence-corrected chi connectivity index (χ4v) is 2.41. The highest BCUT2D eigenvalue weighted by molar-refractivity contribution is 5.39. The van der Waals surface area contributed by atoms with Crippen LogP contribution in [0.15, 0.2) is 12.3 Å². The standard InChI is InChI=1S/C18H35N5/c1-4-5-6-7-8-9-10-11-13-19-17-12-14-20-18(22-17)21-15-16-23(2)3/h12,14H,4-11,13,15-16H2,1-3H3,(H2,19,20,21,22). The fraction of sp³-hybridized carbons (Fsp3) is 0.778. The zero-order valence-corrected chi connectivity index (χ0v) is 15.3. The molecule has 1 heterocycles. The SMILES string of the molecule is CCCCCCCCCCNc1ccnc(NCCN(C)C)n1. The first-order valence-electron chi connectivity index (χ1n) is 9.18. The molecule has 1 rings (SSSR count). The molecule has 5 nitrogen and oxygen atoms in total. The van der Waals surface area contributed by atoms with Gasteiger partial charge in [0, 0.05) is 25.8 Å². The van der Waals surface area contributed by atoms with E-state index < -0.39 is 0 Å². The van der Waals surface area contributed by atoms with Crippen LogP contribution in [-0.4, -0.2) is 48.6 Å². The Morgan fingerprint density at radius 3 is 2.30 bits per heavy atom. The summed E-state index contributed by atoms with van der Waals surface area (Å²) in [6.45, 7) is 5.08. The summed E-state index contributed by atoms with van der Waals surface area (Å²) in [4.78, 5) is 10.9. The molecule has 23 heavy (non-hydrogen) atoms. The Bertz CT molecular complexity index is 395. The molecule has 0 saturated carbocycles. The van der Waals surface area contributed by atoms with Crippen LogP contribution in [0.25, 0.3) is 0 Å². The van der Waals surface area contributed by atoms with Gasteiger partial charge in [0.25, 0.3) is 0 Å². The minimum atomic E-state index is 0.702. The second-order valence-corrected chi connectivity index (χ2v) is 6.40. The highest BCUT2D eigenvalue weighted by Crippen LogP contribution is 2.09. The molecule has 0 aromatic carbocycles. The lowest BCUT2D eigenvalue weighted by Gasteiger charge is -2.11. The van der Waals surface area contributed by atoms with Gasteiger partial charge in [-0.1, -0.05) is 51.9 Å². The molecule has 0 aliphatic heterocycles. The number of rotatable bonds is 14. The Labute approximate surface area is 142 Å². The molecule has 0 amide bonds. The molecule has 132 valence electrons.